The maximum Gasteiger partial charge on any atom is 0.301 e. The van der Waals surface area contributed by atoms with Crippen LogP contribution in [0.5, 0.6) is 0 Å². The van der Waals surface area contributed by atoms with Crippen molar-refractivity contribution in [1.82, 2.24) is 4.31 Å². The van der Waals surface area contributed by atoms with Gasteiger partial charge in [-0.05, 0) is 49.4 Å². The van der Waals surface area contributed by atoms with Gasteiger partial charge in [-0.2, -0.15) is 12.7 Å². The summed E-state index contributed by atoms with van der Waals surface area (Å²) in [5.74, 6) is 0.428. The number of hydrogen-bond donors (Lipinski definition) is 1. The highest BCUT2D eigenvalue weighted by Crippen LogP contribution is 2.23. The molecule has 0 amide bonds. The number of aryl methyl sites for hydroxylation is 1. The smallest absolute Gasteiger partial charge is 0.271 e. The molecule has 1 aromatic carbocycles. The fraction of sp³-hybridized carbons (Fsp3) is 0.538. The minimum absolute atomic E-state index is 0.428. The highest BCUT2D eigenvalue weighted by atomic mass is 79.9. The van der Waals surface area contributed by atoms with Gasteiger partial charge in [0.2, 0.25) is 0 Å². The van der Waals surface area contributed by atoms with Crippen LogP contribution in [0.3, 0.4) is 0 Å². The Morgan fingerprint density at radius 2 is 2.16 bits per heavy atom. The molecule has 4 nitrogen and oxygen atoms in total. The van der Waals surface area contributed by atoms with Gasteiger partial charge in [-0.25, -0.2) is 0 Å². The van der Waals surface area contributed by atoms with Crippen LogP contribution < -0.4 is 4.72 Å². The van der Waals surface area contributed by atoms with Crippen molar-refractivity contribution in [3.8, 4) is 0 Å². The molecule has 0 radical (unpaired) electrons. The fourth-order valence-corrected chi connectivity index (χ4v) is 3.91. The third kappa shape index (κ3) is 3.70. The van der Waals surface area contributed by atoms with Crippen LogP contribution in [-0.4, -0.2) is 25.8 Å². The van der Waals surface area contributed by atoms with Gasteiger partial charge in [-0.1, -0.05) is 22.9 Å². The number of halogens is 1. The van der Waals surface area contributed by atoms with Crippen molar-refractivity contribution in [3.63, 3.8) is 0 Å². The van der Waals surface area contributed by atoms with Crippen molar-refractivity contribution >= 4 is 31.8 Å². The van der Waals surface area contributed by atoms with Crippen LogP contribution in [0, 0.1) is 12.8 Å². The number of piperidine rings is 1. The summed E-state index contributed by atoms with van der Waals surface area (Å²) in [6.07, 6.45) is 2.03. The molecule has 1 aliphatic heterocycles. The number of benzene rings is 1. The van der Waals surface area contributed by atoms with Gasteiger partial charge in [0.1, 0.15) is 0 Å². The first-order valence-corrected chi connectivity index (χ1v) is 8.66. The van der Waals surface area contributed by atoms with E-state index in [1.54, 1.807) is 10.4 Å². The van der Waals surface area contributed by atoms with E-state index in [2.05, 4.69) is 27.6 Å². The zero-order chi connectivity index (χ0) is 14.0. The minimum Gasteiger partial charge on any atom is -0.271 e. The Labute approximate surface area is 123 Å². The van der Waals surface area contributed by atoms with E-state index in [0.29, 0.717) is 24.7 Å². The molecule has 0 aromatic heterocycles. The first kappa shape index (κ1) is 14.8. The first-order valence-electron chi connectivity index (χ1n) is 6.42. The molecule has 1 atom stereocenters. The standard InChI is InChI=1S/C13H19BrN2O2S/c1-10-4-3-7-16(9-10)19(17,18)15-12-5-6-13(14)11(2)8-12/h5-6,8,10,15H,3-4,7,9H2,1-2H3. The third-order valence-corrected chi connectivity index (χ3v) is 5.76. The number of rotatable bonds is 3. The van der Waals surface area contributed by atoms with Crippen LogP contribution in [0.15, 0.2) is 22.7 Å². The Bertz CT molecular complexity index is 560. The monoisotopic (exact) mass is 346 g/mol. The van der Waals surface area contributed by atoms with Crippen molar-refractivity contribution in [2.75, 3.05) is 17.8 Å². The fourth-order valence-electron chi connectivity index (χ4n) is 2.29. The Morgan fingerprint density at radius 1 is 1.42 bits per heavy atom. The summed E-state index contributed by atoms with van der Waals surface area (Å²) in [5, 5.41) is 0. The molecule has 1 heterocycles. The van der Waals surface area contributed by atoms with E-state index >= 15 is 0 Å². The zero-order valence-corrected chi connectivity index (χ0v) is 13.6. The van der Waals surface area contributed by atoms with E-state index in [9.17, 15) is 8.42 Å². The van der Waals surface area contributed by atoms with E-state index in [1.165, 1.54) is 0 Å². The van der Waals surface area contributed by atoms with Gasteiger partial charge in [0.05, 0.1) is 5.69 Å². The molecular weight excluding hydrogens is 328 g/mol. The molecule has 1 aliphatic rings. The van der Waals surface area contributed by atoms with Gasteiger partial charge in [0.15, 0.2) is 0 Å². The zero-order valence-electron chi connectivity index (χ0n) is 11.2. The summed E-state index contributed by atoms with van der Waals surface area (Å²) < 4.78 is 29.8. The highest BCUT2D eigenvalue weighted by molar-refractivity contribution is 9.10. The summed E-state index contributed by atoms with van der Waals surface area (Å²) in [6.45, 7) is 5.23. The Hall–Kier alpha value is -0.590. The summed E-state index contributed by atoms with van der Waals surface area (Å²) in [4.78, 5) is 0. The van der Waals surface area contributed by atoms with Gasteiger partial charge in [-0.3, -0.25) is 4.72 Å². The quantitative estimate of drug-likeness (QED) is 0.913. The van der Waals surface area contributed by atoms with Gasteiger partial charge in [0, 0.05) is 17.6 Å². The molecule has 1 N–H and O–H groups in total. The maximum atomic E-state index is 12.3. The second-order valence-corrected chi connectivity index (χ2v) is 7.70. The summed E-state index contributed by atoms with van der Waals surface area (Å²) in [5.41, 5.74) is 1.62. The van der Waals surface area contributed by atoms with Crippen LogP contribution >= 0.6 is 15.9 Å². The molecule has 2 rings (SSSR count). The minimum atomic E-state index is -3.43. The van der Waals surface area contributed by atoms with Crippen LogP contribution in [0.25, 0.3) is 0 Å². The topological polar surface area (TPSA) is 49.4 Å². The number of nitrogens with one attached hydrogen (secondary N) is 1. The molecule has 1 saturated heterocycles. The normalized spacial score (nSPS) is 21.3. The largest absolute Gasteiger partial charge is 0.301 e. The summed E-state index contributed by atoms with van der Waals surface area (Å²) in [6, 6.07) is 5.45. The predicted octanol–water partition coefficient (Wildman–Crippen LogP) is 3.15. The second kappa shape index (κ2) is 5.81. The molecular formula is C13H19BrN2O2S. The molecule has 6 heteroatoms. The van der Waals surface area contributed by atoms with Crippen molar-refractivity contribution in [2.45, 2.75) is 26.7 Å². The van der Waals surface area contributed by atoms with Crippen molar-refractivity contribution in [2.24, 2.45) is 5.92 Å². The number of hydrogen-bond acceptors (Lipinski definition) is 2. The Balaban J connectivity index is 2.14. The highest BCUT2D eigenvalue weighted by Gasteiger charge is 2.26. The molecule has 0 aliphatic carbocycles. The average Bonchev–Trinajstić information content (AvgIpc) is 2.33. The molecule has 0 bridgehead atoms. The predicted molar refractivity (Wildman–Crippen MR) is 81.4 cm³/mol. The average molecular weight is 347 g/mol. The Morgan fingerprint density at radius 3 is 2.79 bits per heavy atom. The van der Waals surface area contributed by atoms with Crippen molar-refractivity contribution in [1.29, 1.82) is 0 Å². The number of anilines is 1. The van der Waals surface area contributed by atoms with Gasteiger partial charge in [-0.15, -0.1) is 0 Å². The van der Waals surface area contributed by atoms with Crippen molar-refractivity contribution in [3.05, 3.63) is 28.2 Å². The lowest BCUT2D eigenvalue weighted by molar-refractivity contribution is 0.282. The first-order chi connectivity index (χ1) is 8.88. The van der Waals surface area contributed by atoms with E-state index in [-0.39, 0.29) is 0 Å². The van der Waals surface area contributed by atoms with Crippen molar-refractivity contribution < 1.29 is 8.42 Å². The van der Waals surface area contributed by atoms with E-state index < -0.39 is 10.2 Å². The Kier molecular flexibility index (Phi) is 4.53. The molecule has 0 spiro atoms. The molecule has 1 unspecified atom stereocenters. The number of nitrogens with zero attached hydrogens (tertiary/aromatic N) is 1. The SMILES string of the molecule is Cc1cc(NS(=O)(=O)N2CCCC(C)C2)ccc1Br. The maximum absolute atomic E-state index is 12.3. The lowest BCUT2D eigenvalue weighted by Crippen LogP contribution is -2.42. The lowest BCUT2D eigenvalue weighted by atomic mass is 10.0. The molecule has 106 valence electrons. The van der Waals surface area contributed by atoms with Crippen LogP contribution in [0.2, 0.25) is 0 Å². The lowest BCUT2D eigenvalue weighted by Gasteiger charge is -2.30. The van der Waals surface area contributed by atoms with Crippen LogP contribution in [0.1, 0.15) is 25.3 Å². The molecule has 1 aromatic rings. The summed E-state index contributed by atoms with van der Waals surface area (Å²) >= 11 is 3.41. The molecule has 1 fully saturated rings. The van der Waals surface area contributed by atoms with Gasteiger partial charge in [0.25, 0.3) is 0 Å². The van der Waals surface area contributed by atoms with E-state index in [0.717, 1.165) is 22.9 Å². The molecule has 19 heavy (non-hydrogen) atoms. The van der Waals surface area contributed by atoms with E-state index in [4.69, 9.17) is 0 Å². The van der Waals surface area contributed by atoms with Gasteiger partial charge >= 0.3 is 10.2 Å². The van der Waals surface area contributed by atoms with E-state index in [1.807, 2.05) is 19.1 Å². The van der Waals surface area contributed by atoms with Crippen LogP contribution in [0.4, 0.5) is 5.69 Å². The second-order valence-electron chi connectivity index (χ2n) is 5.18. The third-order valence-electron chi connectivity index (χ3n) is 3.36. The summed E-state index contributed by atoms with van der Waals surface area (Å²) in [7, 11) is -3.43. The van der Waals surface area contributed by atoms with Crippen LogP contribution in [-0.2, 0) is 10.2 Å². The molecule has 0 saturated carbocycles. The van der Waals surface area contributed by atoms with Gasteiger partial charge < -0.3 is 0 Å².